The number of nitrogens with zero attached hydrogens (tertiary/aromatic N) is 1. The summed E-state index contributed by atoms with van der Waals surface area (Å²) in [5.74, 6) is -1.57. The molecule has 0 aliphatic rings. The smallest absolute Gasteiger partial charge is 0.408 e. The highest BCUT2D eigenvalue weighted by atomic mass is 16.5. The van der Waals surface area contributed by atoms with E-state index in [9.17, 15) is 19.5 Å². The number of alkyl carbamates (subject to hydrolysis) is 1. The van der Waals surface area contributed by atoms with Crippen molar-refractivity contribution in [3.63, 3.8) is 0 Å². The van der Waals surface area contributed by atoms with Crippen molar-refractivity contribution in [1.82, 2.24) is 10.2 Å². The summed E-state index contributed by atoms with van der Waals surface area (Å²) in [6.45, 7) is 3.50. The Balaban J connectivity index is 1.98. The van der Waals surface area contributed by atoms with Crippen LogP contribution in [0.4, 0.5) is 4.79 Å². The zero-order valence-electron chi connectivity index (χ0n) is 16.6. The molecule has 2 rings (SSSR count). The van der Waals surface area contributed by atoms with E-state index < -0.39 is 30.1 Å². The molecule has 0 bridgehead atoms. The van der Waals surface area contributed by atoms with Gasteiger partial charge in [-0.2, -0.15) is 0 Å². The van der Waals surface area contributed by atoms with Crippen LogP contribution in [0, 0.1) is 0 Å². The normalized spacial score (nSPS) is 12.5. The van der Waals surface area contributed by atoms with Gasteiger partial charge in [-0.3, -0.25) is 4.79 Å². The first-order valence-corrected chi connectivity index (χ1v) is 9.46. The van der Waals surface area contributed by atoms with E-state index in [4.69, 9.17) is 4.74 Å². The van der Waals surface area contributed by atoms with Crippen LogP contribution in [0.25, 0.3) is 0 Å². The van der Waals surface area contributed by atoms with Crippen LogP contribution in [-0.4, -0.2) is 46.6 Å². The minimum absolute atomic E-state index is 0.0802. The number of carboxylic acids is 1. The monoisotopic (exact) mass is 398 g/mol. The molecule has 0 spiro atoms. The number of ether oxygens (including phenoxy) is 1. The summed E-state index contributed by atoms with van der Waals surface area (Å²) in [6, 6.07) is 16.3. The average Bonchev–Trinajstić information content (AvgIpc) is 2.73. The Bertz CT molecular complexity index is 810. The SMILES string of the molecule is CCN(C(=O)[C@H](C)NC(=O)OCc1ccccc1)[C@@H](Cc1ccccc1)C(=O)O. The highest BCUT2D eigenvalue weighted by Gasteiger charge is 2.32. The van der Waals surface area contributed by atoms with E-state index in [1.165, 1.54) is 11.8 Å². The second-order valence-corrected chi connectivity index (χ2v) is 6.60. The zero-order chi connectivity index (χ0) is 21.2. The fourth-order valence-corrected chi connectivity index (χ4v) is 2.95. The summed E-state index contributed by atoms with van der Waals surface area (Å²) in [7, 11) is 0. The fourth-order valence-electron chi connectivity index (χ4n) is 2.95. The number of carbonyl (C=O) groups is 3. The van der Waals surface area contributed by atoms with Crippen molar-refractivity contribution in [3.8, 4) is 0 Å². The number of carbonyl (C=O) groups excluding carboxylic acids is 2. The lowest BCUT2D eigenvalue weighted by molar-refractivity contribution is -0.150. The molecule has 0 fully saturated rings. The van der Waals surface area contributed by atoms with Gasteiger partial charge in [0.25, 0.3) is 0 Å². The minimum Gasteiger partial charge on any atom is -0.480 e. The molecule has 2 aromatic carbocycles. The van der Waals surface area contributed by atoms with Crippen LogP contribution >= 0.6 is 0 Å². The van der Waals surface area contributed by atoms with Crippen molar-refractivity contribution in [2.24, 2.45) is 0 Å². The number of hydrogen-bond acceptors (Lipinski definition) is 4. The van der Waals surface area contributed by atoms with E-state index in [0.29, 0.717) is 0 Å². The van der Waals surface area contributed by atoms with Gasteiger partial charge in [-0.05, 0) is 25.0 Å². The molecule has 7 heteroatoms. The number of benzene rings is 2. The van der Waals surface area contributed by atoms with Crippen molar-refractivity contribution < 1.29 is 24.2 Å². The lowest BCUT2D eigenvalue weighted by atomic mass is 10.0. The molecule has 2 N–H and O–H groups in total. The summed E-state index contributed by atoms with van der Waals surface area (Å²) in [5, 5.41) is 12.1. The standard InChI is InChI=1S/C22H26N2O5/c1-3-24(19(21(26)27)14-17-10-6-4-7-11-17)20(25)16(2)23-22(28)29-15-18-12-8-5-9-13-18/h4-13,16,19H,3,14-15H2,1-2H3,(H,23,28)(H,26,27)/t16-,19-/m0/s1. The van der Waals surface area contributed by atoms with Crippen LogP contribution in [0.15, 0.2) is 60.7 Å². The number of likely N-dealkylation sites (N-methyl/N-ethyl adjacent to an activating group) is 1. The van der Waals surface area contributed by atoms with Crippen LogP contribution in [0.1, 0.15) is 25.0 Å². The van der Waals surface area contributed by atoms with Crippen LogP contribution < -0.4 is 5.32 Å². The molecule has 0 aliphatic carbocycles. The van der Waals surface area contributed by atoms with Gasteiger partial charge in [-0.15, -0.1) is 0 Å². The van der Waals surface area contributed by atoms with Crippen LogP contribution in [0.2, 0.25) is 0 Å². The Kier molecular flexibility index (Phi) is 8.21. The quantitative estimate of drug-likeness (QED) is 0.677. The van der Waals surface area contributed by atoms with Crippen LogP contribution in [-0.2, 0) is 27.4 Å². The molecular formula is C22H26N2O5. The maximum absolute atomic E-state index is 12.8. The lowest BCUT2D eigenvalue weighted by Gasteiger charge is -2.30. The molecule has 0 saturated carbocycles. The Morgan fingerprint density at radius 1 is 1.00 bits per heavy atom. The minimum atomic E-state index is -1.09. The first kappa shape index (κ1) is 21.9. The van der Waals surface area contributed by atoms with E-state index in [1.807, 2.05) is 60.7 Å². The molecule has 7 nitrogen and oxygen atoms in total. The van der Waals surface area contributed by atoms with E-state index in [0.717, 1.165) is 11.1 Å². The molecule has 0 radical (unpaired) electrons. The number of rotatable bonds is 9. The molecule has 2 amide bonds. The molecule has 2 atom stereocenters. The Hall–Kier alpha value is -3.35. The highest BCUT2D eigenvalue weighted by molar-refractivity contribution is 5.89. The third kappa shape index (κ3) is 6.64. The van der Waals surface area contributed by atoms with Gasteiger partial charge in [0.15, 0.2) is 0 Å². The number of aliphatic carboxylic acids is 1. The largest absolute Gasteiger partial charge is 0.480 e. The van der Waals surface area contributed by atoms with Crippen molar-refractivity contribution in [2.45, 2.75) is 39.0 Å². The van der Waals surface area contributed by atoms with E-state index >= 15 is 0 Å². The van der Waals surface area contributed by atoms with Gasteiger partial charge in [0.2, 0.25) is 5.91 Å². The fraction of sp³-hybridized carbons (Fsp3) is 0.318. The molecule has 154 valence electrons. The zero-order valence-corrected chi connectivity index (χ0v) is 16.6. The van der Waals surface area contributed by atoms with Gasteiger partial charge in [0, 0.05) is 13.0 Å². The lowest BCUT2D eigenvalue weighted by Crippen LogP contribution is -2.53. The van der Waals surface area contributed by atoms with Gasteiger partial charge >= 0.3 is 12.1 Å². The summed E-state index contributed by atoms with van der Waals surface area (Å²) in [4.78, 5) is 37.9. The second-order valence-electron chi connectivity index (χ2n) is 6.60. The van der Waals surface area contributed by atoms with Crippen molar-refractivity contribution in [3.05, 3.63) is 71.8 Å². The molecule has 0 unspecified atom stereocenters. The third-order valence-corrected chi connectivity index (χ3v) is 4.47. The summed E-state index contributed by atoms with van der Waals surface area (Å²) in [5.41, 5.74) is 1.64. The molecule has 0 heterocycles. The Morgan fingerprint density at radius 3 is 2.07 bits per heavy atom. The Labute approximate surface area is 170 Å². The third-order valence-electron chi connectivity index (χ3n) is 4.47. The number of nitrogens with one attached hydrogen (secondary N) is 1. The van der Waals surface area contributed by atoms with E-state index in [2.05, 4.69) is 5.32 Å². The molecular weight excluding hydrogens is 372 g/mol. The van der Waals surface area contributed by atoms with E-state index in [-0.39, 0.29) is 19.6 Å². The summed E-state index contributed by atoms with van der Waals surface area (Å²) >= 11 is 0. The molecule has 0 aliphatic heterocycles. The van der Waals surface area contributed by atoms with Crippen molar-refractivity contribution in [1.29, 1.82) is 0 Å². The predicted octanol–water partition coefficient (Wildman–Crippen LogP) is 2.85. The van der Waals surface area contributed by atoms with Gasteiger partial charge < -0.3 is 20.1 Å². The highest BCUT2D eigenvalue weighted by Crippen LogP contribution is 2.12. The van der Waals surface area contributed by atoms with Gasteiger partial charge in [-0.25, -0.2) is 9.59 Å². The molecule has 2 aromatic rings. The topological polar surface area (TPSA) is 95.9 Å². The first-order valence-electron chi connectivity index (χ1n) is 9.46. The van der Waals surface area contributed by atoms with Crippen LogP contribution in [0.3, 0.4) is 0 Å². The summed E-state index contributed by atoms with van der Waals surface area (Å²) < 4.78 is 5.13. The predicted molar refractivity (Wildman–Crippen MR) is 108 cm³/mol. The second kappa shape index (κ2) is 10.8. The van der Waals surface area contributed by atoms with Gasteiger partial charge in [-0.1, -0.05) is 60.7 Å². The molecule has 0 saturated heterocycles. The maximum atomic E-state index is 12.8. The van der Waals surface area contributed by atoms with Crippen molar-refractivity contribution >= 4 is 18.0 Å². The number of hydrogen-bond donors (Lipinski definition) is 2. The maximum Gasteiger partial charge on any atom is 0.408 e. The van der Waals surface area contributed by atoms with Gasteiger partial charge in [0.05, 0.1) is 0 Å². The first-order chi connectivity index (χ1) is 13.9. The van der Waals surface area contributed by atoms with Crippen molar-refractivity contribution in [2.75, 3.05) is 6.54 Å². The summed E-state index contributed by atoms with van der Waals surface area (Å²) in [6.07, 6.45) is -0.554. The average molecular weight is 398 g/mol. The number of carboxylic acid groups (broad SMARTS) is 1. The molecule has 29 heavy (non-hydrogen) atoms. The molecule has 0 aromatic heterocycles. The number of amides is 2. The Morgan fingerprint density at radius 2 is 1.55 bits per heavy atom. The van der Waals surface area contributed by atoms with E-state index in [1.54, 1.807) is 6.92 Å². The van der Waals surface area contributed by atoms with Crippen LogP contribution in [0.5, 0.6) is 0 Å². The van der Waals surface area contributed by atoms with Gasteiger partial charge in [0.1, 0.15) is 18.7 Å².